The predicted octanol–water partition coefficient (Wildman–Crippen LogP) is 0.402. The maximum Gasteiger partial charge on any atom is 0.237 e. The quantitative estimate of drug-likeness (QED) is 0.738. The van der Waals surface area contributed by atoms with Crippen LogP contribution in [0.2, 0.25) is 0 Å². The Morgan fingerprint density at radius 1 is 1.56 bits per heavy atom. The maximum absolute atomic E-state index is 11.7. The lowest BCUT2D eigenvalue weighted by molar-refractivity contribution is -0.123. The number of amides is 1. The number of hydrogen-bond acceptors (Lipinski definition) is 3. The molecule has 16 heavy (non-hydrogen) atoms. The second-order valence-corrected chi connectivity index (χ2v) is 6.19. The molecule has 94 valence electrons. The Kier molecular flexibility index (Phi) is 5.98. The molecule has 1 amide bonds. The summed E-state index contributed by atoms with van der Waals surface area (Å²) in [5, 5.41) is 6.26. The van der Waals surface area contributed by atoms with Crippen molar-refractivity contribution in [1.82, 2.24) is 10.6 Å². The predicted molar refractivity (Wildman–Crippen MR) is 66.8 cm³/mol. The first kappa shape index (κ1) is 13.6. The number of nitrogens with one attached hydrogen (secondary N) is 2. The van der Waals surface area contributed by atoms with Crippen LogP contribution >= 0.6 is 0 Å². The maximum atomic E-state index is 11.7. The largest absolute Gasteiger partial charge is 0.355 e. The normalized spacial score (nSPS) is 24.8. The molecule has 3 atom stereocenters. The van der Waals surface area contributed by atoms with Crippen molar-refractivity contribution in [3.05, 3.63) is 0 Å². The van der Waals surface area contributed by atoms with E-state index in [2.05, 4.69) is 10.6 Å². The molecule has 5 heteroatoms. The van der Waals surface area contributed by atoms with Gasteiger partial charge in [0.2, 0.25) is 5.91 Å². The van der Waals surface area contributed by atoms with Gasteiger partial charge in [0, 0.05) is 28.9 Å². The highest BCUT2D eigenvalue weighted by molar-refractivity contribution is 7.84. The molecule has 0 spiro atoms. The number of hydrogen-bond donors (Lipinski definition) is 2. The number of piperidine rings is 1. The third-order valence-corrected chi connectivity index (χ3v) is 4.41. The topological polar surface area (TPSA) is 58.2 Å². The second-order valence-electron chi connectivity index (χ2n) is 4.39. The van der Waals surface area contributed by atoms with Gasteiger partial charge in [-0.3, -0.25) is 9.00 Å². The molecular weight excluding hydrogens is 224 g/mol. The minimum absolute atomic E-state index is 0.0174. The lowest BCUT2D eigenvalue weighted by Gasteiger charge is -2.22. The molecule has 0 aromatic carbocycles. The van der Waals surface area contributed by atoms with E-state index in [1.165, 1.54) is 0 Å². The Labute approximate surface area is 100 Å². The van der Waals surface area contributed by atoms with Gasteiger partial charge < -0.3 is 10.6 Å². The fourth-order valence-corrected chi connectivity index (χ4v) is 2.21. The standard InChI is InChI=1S/C11H22N2O2S/c1-9(16(2)15)6-8-13-11(14)10-5-3-4-7-12-10/h9-10,12H,3-8H2,1-2H3,(H,13,14)/t9?,10-,16?/m0/s1. The van der Waals surface area contributed by atoms with Crippen LogP contribution in [0.5, 0.6) is 0 Å². The zero-order chi connectivity index (χ0) is 12.0. The van der Waals surface area contributed by atoms with Gasteiger partial charge in [-0.15, -0.1) is 0 Å². The van der Waals surface area contributed by atoms with E-state index in [9.17, 15) is 9.00 Å². The average Bonchev–Trinajstić information content (AvgIpc) is 2.29. The van der Waals surface area contributed by atoms with Crippen LogP contribution in [0.4, 0.5) is 0 Å². The van der Waals surface area contributed by atoms with Gasteiger partial charge in [0.25, 0.3) is 0 Å². The van der Waals surface area contributed by atoms with Gasteiger partial charge in [-0.2, -0.15) is 0 Å². The lowest BCUT2D eigenvalue weighted by atomic mass is 10.0. The molecule has 0 bridgehead atoms. The van der Waals surface area contributed by atoms with E-state index in [0.717, 1.165) is 32.2 Å². The Hall–Kier alpha value is -0.420. The van der Waals surface area contributed by atoms with Crippen LogP contribution in [0.25, 0.3) is 0 Å². The molecule has 0 saturated carbocycles. The molecule has 2 N–H and O–H groups in total. The van der Waals surface area contributed by atoms with Gasteiger partial charge in [0.1, 0.15) is 0 Å². The van der Waals surface area contributed by atoms with Crippen molar-refractivity contribution in [2.24, 2.45) is 0 Å². The van der Waals surface area contributed by atoms with Crippen LogP contribution in [0.1, 0.15) is 32.6 Å². The van der Waals surface area contributed by atoms with E-state index < -0.39 is 10.8 Å². The molecule has 1 aliphatic heterocycles. The van der Waals surface area contributed by atoms with Gasteiger partial charge in [-0.25, -0.2) is 0 Å². The first-order chi connectivity index (χ1) is 7.61. The zero-order valence-corrected chi connectivity index (χ0v) is 10.9. The summed E-state index contributed by atoms with van der Waals surface area (Å²) in [5.41, 5.74) is 0. The Morgan fingerprint density at radius 2 is 2.31 bits per heavy atom. The summed E-state index contributed by atoms with van der Waals surface area (Å²) in [7, 11) is -0.797. The molecule has 1 rings (SSSR count). The summed E-state index contributed by atoms with van der Waals surface area (Å²) in [6, 6.07) is -0.0174. The molecule has 0 aliphatic carbocycles. The van der Waals surface area contributed by atoms with Crippen molar-refractivity contribution in [3.8, 4) is 0 Å². The number of carbonyl (C=O) groups excluding carboxylic acids is 1. The third kappa shape index (κ3) is 4.61. The van der Waals surface area contributed by atoms with E-state index in [0.29, 0.717) is 6.54 Å². The third-order valence-electron chi connectivity index (χ3n) is 3.04. The summed E-state index contributed by atoms with van der Waals surface area (Å²) in [4.78, 5) is 11.7. The summed E-state index contributed by atoms with van der Waals surface area (Å²) >= 11 is 0. The number of rotatable bonds is 5. The van der Waals surface area contributed by atoms with Gasteiger partial charge in [-0.05, 0) is 25.8 Å². The van der Waals surface area contributed by atoms with Crippen LogP contribution in [0.3, 0.4) is 0 Å². The number of carbonyl (C=O) groups is 1. The van der Waals surface area contributed by atoms with Crippen LogP contribution in [0.15, 0.2) is 0 Å². The summed E-state index contributed by atoms with van der Waals surface area (Å²) in [5.74, 6) is 0.0915. The summed E-state index contributed by atoms with van der Waals surface area (Å²) in [6.45, 7) is 3.51. The zero-order valence-electron chi connectivity index (χ0n) is 10.1. The monoisotopic (exact) mass is 246 g/mol. The van der Waals surface area contributed by atoms with Crippen molar-refractivity contribution < 1.29 is 9.00 Å². The Bertz CT molecular complexity index is 252. The van der Waals surface area contributed by atoms with E-state index in [1.807, 2.05) is 6.92 Å². The van der Waals surface area contributed by atoms with Crippen LogP contribution < -0.4 is 10.6 Å². The molecule has 1 aliphatic rings. The first-order valence-electron chi connectivity index (χ1n) is 5.94. The van der Waals surface area contributed by atoms with Crippen LogP contribution in [-0.4, -0.2) is 40.8 Å². The smallest absolute Gasteiger partial charge is 0.237 e. The average molecular weight is 246 g/mol. The highest BCUT2D eigenvalue weighted by Crippen LogP contribution is 2.06. The van der Waals surface area contributed by atoms with Gasteiger partial charge >= 0.3 is 0 Å². The van der Waals surface area contributed by atoms with Crippen molar-refractivity contribution in [2.75, 3.05) is 19.3 Å². The molecule has 4 nitrogen and oxygen atoms in total. The minimum Gasteiger partial charge on any atom is -0.355 e. The summed E-state index contributed by atoms with van der Waals surface area (Å²) in [6.07, 6.45) is 5.70. The fraction of sp³-hybridized carbons (Fsp3) is 0.909. The van der Waals surface area contributed by atoms with E-state index in [4.69, 9.17) is 0 Å². The van der Waals surface area contributed by atoms with Crippen LogP contribution in [0, 0.1) is 0 Å². The molecule has 1 heterocycles. The molecule has 1 fully saturated rings. The van der Waals surface area contributed by atoms with Crippen molar-refractivity contribution in [2.45, 2.75) is 43.9 Å². The van der Waals surface area contributed by atoms with Crippen molar-refractivity contribution >= 4 is 16.7 Å². The molecule has 0 aromatic rings. The van der Waals surface area contributed by atoms with Gasteiger partial charge in [0.15, 0.2) is 0 Å². The highest BCUT2D eigenvalue weighted by atomic mass is 32.2. The lowest BCUT2D eigenvalue weighted by Crippen LogP contribution is -2.47. The highest BCUT2D eigenvalue weighted by Gasteiger charge is 2.19. The second kappa shape index (κ2) is 7.01. The van der Waals surface area contributed by atoms with Crippen molar-refractivity contribution in [3.63, 3.8) is 0 Å². The SMILES string of the molecule is CC(CCNC(=O)[C@@H]1CCCCN1)S(C)=O. The molecule has 0 radical (unpaired) electrons. The van der Waals surface area contributed by atoms with Gasteiger partial charge in [-0.1, -0.05) is 13.3 Å². The molecule has 1 saturated heterocycles. The molecule has 0 aromatic heterocycles. The van der Waals surface area contributed by atoms with E-state index in [-0.39, 0.29) is 17.2 Å². The summed E-state index contributed by atoms with van der Waals surface area (Å²) < 4.78 is 11.1. The Morgan fingerprint density at radius 3 is 2.88 bits per heavy atom. The van der Waals surface area contributed by atoms with Gasteiger partial charge in [0.05, 0.1) is 6.04 Å². The molecular formula is C11H22N2O2S. The molecule has 2 unspecified atom stereocenters. The van der Waals surface area contributed by atoms with E-state index in [1.54, 1.807) is 6.26 Å². The fourth-order valence-electron chi connectivity index (χ4n) is 1.76. The Balaban J connectivity index is 2.16. The first-order valence-corrected chi connectivity index (χ1v) is 7.56. The van der Waals surface area contributed by atoms with Crippen molar-refractivity contribution in [1.29, 1.82) is 0 Å². The van der Waals surface area contributed by atoms with Crippen LogP contribution in [-0.2, 0) is 15.6 Å². The minimum atomic E-state index is -0.797. The van der Waals surface area contributed by atoms with E-state index >= 15 is 0 Å².